The lowest BCUT2D eigenvalue weighted by Gasteiger charge is -2.15. The number of hydrogen-bond donors (Lipinski definition) is 2. The Morgan fingerprint density at radius 1 is 0.702 bits per heavy atom. The number of carbonyl (C=O) groups is 1. The number of carbonyl (C=O) groups excluding carboxylic acids is 1. The summed E-state index contributed by atoms with van der Waals surface area (Å²) in [6.07, 6.45) is 3.57. The fourth-order valence-electron chi connectivity index (χ4n) is 7.05. The molecule has 12 heteroatoms. The highest BCUT2D eigenvalue weighted by molar-refractivity contribution is 7.98. The molecule has 1 amide bonds. The van der Waals surface area contributed by atoms with Gasteiger partial charge in [-0.3, -0.25) is 14.2 Å². The summed E-state index contributed by atoms with van der Waals surface area (Å²) < 4.78 is 32.1. The van der Waals surface area contributed by atoms with Crippen LogP contribution < -0.4 is 10.0 Å². The zero-order valence-electron chi connectivity index (χ0n) is 32.3. The third-order valence-electron chi connectivity index (χ3n) is 10.1. The van der Waals surface area contributed by atoms with Crippen molar-refractivity contribution in [2.24, 2.45) is 0 Å². The van der Waals surface area contributed by atoms with Crippen LogP contribution in [0.3, 0.4) is 0 Å². The van der Waals surface area contributed by atoms with E-state index in [2.05, 4.69) is 34.3 Å². The van der Waals surface area contributed by atoms with E-state index in [0.29, 0.717) is 18.8 Å². The van der Waals surface area contributed by atoms with Crippen molar-refractivity contribution in [1.82, 2.24) is 29.6 Å². The van der Waals surface area contributed by atoms with Crippen molar-refractivity contribution < 1.29 is 13.2 Å². The van der Waals surface area contributed by atoms with E-state index < -0.39 is 10.0 Å². The van der Waals surface area contributed by atoms with E-state index in [1.165, 1.54) is 16.7 Å². The Balaban J connectivity index is 0.000000175. The van der Waals surface area contributed by atoms with Crippen molar-refractivity contribution in [1.29, 1.82) is 0 Å². The van der Waals surface area contributed by atoms with Crippen LogP contribution in [0.25, 0.3) is 6.08 Å². The third-order valence-corrected chi connectivity index (χ3v) is 13.2. The number of benzene rings is 4. The van der Waals surface area contributed by atoms with E-state index in [9.17, 15) is 13.2 Å². The van der Waals surface area contributed by atoms with Gasteiger partial charge in [-0.15, -0.1) is 0 Å². The Morgan fingerprint density at radius 2 is 1.23 bits per heavy atom. The van der Waals surface area contributed by atoms with Crippen molar-refractivity contribution in [3.63, 3.8) is 0 Å². The molecule has 0 saturated carbocycles. The van der Waals surface area contributed by atoms with Crippen LogP contribution in [-0.2, 0) is 47.5 Å². The molecule has 9 nitrogen and oxygen atoms in total. The Bertz CT molecular complexity index is 2380. The van der Waals surface area contributed by atoms with Gasteiger partial charge in [0.25, 0.3) is 5.91 Å². The highest BCUT2D eigenvalue weighted by atomic mass is 32.2. The first-order valence-corrected chi connectivity index (χ1v) is 23.1. The number of fused-ring (bicyclic) bond motifs is 2. The van der Waals surface area contributed by atoms with Gasteiger partial charge < -0.3 is 5.32 Å². The van der Waals surface area contributed by atoms with Gasteiger partial charge in [0.15, 0.2) is 5.69 Å². The van der Waals surface area contributed by atoms with Crippen LogP contribution >= 0.6 is 23.5 Å². The van der Waals surface area contributed by atoms with Gasteiger partial charge in [0, 0.05) is 46.2 Å². The topological polar surface area (TPSA) is 111 Å². The van der Waals surface area contributed by atoms with E-state index in [0.717, 1.165) is 75.1 Å². The number of thioether (sulfide) groups is 2. The summed E-state index contributed by atoms with van der Waals surface area (Å²) in [5, 5.41) is 13.9. The predicted molar refractivity (Wildman–Crippen MR) is 234 cm³/mol. The maximum absolute atomic E-state index is 13.0. The Labute approximate surface area is 344 Å². The zero-order chi connectivity index (χ0) is 39.6. The number of nitrogens with zero attached hydrogens (tertiary/aromatic N) is 4. The van der Waals surface area contributed by atoms with Gasteiger partial charge in [-0.2, -0.15) is 33.7 Å². The zero-order valence-corrected chi connectivity index (χ0v) is 34.7. The van der Waals surface area contributed by atoms with Gasteiger partial charge in [-0.1, -0.05) is 121 Å². The van der Waals surface area contributed by atoms with Crippen LogP contribution in [0.15, 0.2) is 127 Å². The van der Waals surface area contributed by atoms with E-state index in [1.807, 2.05) is 144 Å². The molecule has 0 radical (unpaired) electrons. The van der Waals surface area contributed by atoms with Crippen molar-refractivity contribution in [2.45, 2.75) is 63.4 Å². The first-order valence-electron chi connectivity index (χ1n) is 19.3. The normalized spacial score (nSPS) is 14.8. The summed E-state index contributed by atoms with van der Waals surface area (Å²) in [5.41, 5.74) is 10.3. The molecule has 0 spiro atoms. The lowest BCUT2D eigenvalue weighted by atomic mass is 10.1. The molecule has 294 valence electrons. The van der Waals surface area contributed by atoms with Crippen LogP contribution in [0.5, 0.6) is 0 Å². The second-order valence-electron chi connectivity index (χ2n) is 14.2. The molecular weight excluding hydrogens is 769 g/mol. The summed E-state index contributed by atoms with van der Waals surface area (Å²) in [6.45, 7) is 5.18. The second kappa shape index (κ2) is 19.0. The monoisotopic (exact) mass is 816 g/mol. The van der Waals surface area contributed by atoms with Crippen LogP contribution in [0, 0.1) is 0 Å². The minimum Gasteiger partial charge on any atom is -0.344 e. The lowest BCUT2D eigenvalue weighted by Crippen LogP contribution is -2.28. The summed E-state index contributed by atoms with van der Waals surface area (Å²) in [4.78, 5) is 13.0. The lowest BCUT2D eigenvalue weighted by molar-refractivity contribution is 0.0933. The number of rotatable bonds is 12. The maximum Gasteiger partial charge on any atom is 0.272 e. The fourth-order valence-corrected chi connectivity index (χ4v) is 10.1. The summed E-state index contributed by atoms with van der Waals surface area (Å²) >= 11 is 3.73. The van der Waals surface area contributed by atoms with Gasteiger partial charge in [0.2, 0.25) is 10.0 Å². The molecule has 0 saturated heterocycles. The van der Waals surface area contributed by atoms with Gasteiger partial charge >= 0.3 is 0 Å². The molecule has 4 heterocycles. The Morgan fingerprint density at radius 3 is 1.84 bits per heavy atom. The molecule has 4 aromatic carbocycles. The quantitative estimate of drug-likeness (QED) is 0.127. The Kier molecular flexibility index (Phi) is 13.5. The maximum atomic E-state index is 13.0. The molecule has 6 aromatic rings. The molecule has 0 fully saturated rings. The Hall–Kier alpha value is -4.88. The average molecular weight is 817 g/mol. The molecule has 2 atom stereocenters. The van der Waals surface area contributed by atoms with Gasteiger partial charge in [-0.25, -0.2) is 13.1 Å². The van der Waals surface area contributed by atoms with Crippen molar-refractivity contribution in [3.05, 3.63) is 183 Å². The minimum atomic E-state index is -3.60. The molecule has 2 aliphatic heterocycles. The molecular formula is C45H48N6O3S3. The predicted octanol–water partition coefficient (Wildman–Crippen LogP) is 8.58. The second-order valence-corrected chi connectivity index (χ2v) is 18.0. The van der Waals surface area contributed by atoms with Crippen molar-refractivity contribution in [2.75, 3.05) is 11.5 Å². The minimum absolute atomic E-state index is 0.0510. The molecule has 0 bridgehead atoms. The molecule has 0 aliphatic carbocycles. The fraction of sp³-hybridized carbons (Fsp3) is 0.267. The molecule has 8 rings (SSSR count). The van der Waals surface area contributed by atoms with E-state index in [4.69, 9.17) is 10.2 Å². The smallest absolute Gasteiger partial charge is 0.272 e. The highest BCUT2D eigenvalue weighted by Gasteiger charge is 2.26. The number of amides is 1. The van der Waals surface area contributed by atoms with Crippen molar-refractivity contribution in [3.8, 4) is 0 Å². The first kappa shape index (κ1) is 40.3. The summed E-state index contributed by atoms with van der Waals surface area (Å²) in [7, 11) is -3.60. The number of nitrogens with one attached hydrogen (secondary N) is 2. The molecule has 2 aromatic heterocycles. The van der Waals surface area contributed by atoms with E-state index in [-0.39, 0.29) is 18.0 Å². The van der Waals surface area contributed by atoms with Crippen LogP contribution in [0.2, 0.25) is 0 Å². The van der Waals surface area contributed by atoms with Gasteiger partial charge in [0.1, 0.15) is 0 Å². The standard InChI is InChI=1S/C23H25N3O2S2.C22H23N3OS/c1-18(20-10-6-3-7-11-20)25-30(27,28)15-13-23-21-17-29-14-12-22(21)24-26(23)16-19-8-4-2-5-9-19;1-16(18-10-6-3-7-11-18)23-22(26)21-19-15-27-13-12-20(19)25(24-21)14-17-8-4-2-5-9-17/h2-11,13,15,18,25H,12,14,16-17H2,1H3;2-11,16H,12-15H2,1H3,(H,23,26)/b15-13+;/t18-;16-/m11/s1. The van der Waals surface area contributed by atoms with Gasteiger partial charge in [-0.05, 0) is 60.1 Å². The summed E-state index contributed by atoms with van der Waals surface area (Å²) in [6, 6.07) is 39.6. The van der Waals surface area contributed by atoms with Crippen LogP contribution in [0.1, 0.15) is 86.9 Å². The number of aromatic nitrogens is 4. The van der Waals surface area contributed by atoms with Crippen molar-refractivity contribution >= 4 is 45.5 Å². The summed E-state index contributed by atoms with van der Waals surface area (Å²) in [5.74, 6) is 3.75. The average Bonchev–Trinajstić information content (AvgIpc) is 3.79. The van der Waals surface area contributed by atoms with Gasteiger partial charge in [0.05, 0.1) is 30.5 Å². The number of hydrogen-bond acceptors (Lipinski definition) is 7. The highest BCUT2D eigenvalue weighted by Crippen LogP contribution is 2.30. The van der Waals surface area contributed by atoms with E-state index >= 15 is 0 Å². The number of sulfonamides is 1. The first-order chi connectivity index (χ1) is 27.7. The molecule has 2 N–H and O–H groups in total. The molecule has 2 aliphatic rings. The number of aryl methyl sites for hydroxylation is 1. The van der Waals surface area contributed by atoms with E-state index in [1.54, 1.807) is 6.08 Å². The molecule has 57 heavy (non-hydrogen) atoms. The van der Waals surface area contributed by atoms with Crippen LogP contribution in [0.4, 0.5) is 0 Å². The third kappa shape index (κ3) is 10.6. The van der Waals surface area contributed by atoms with Crippen LogP contribution in [-0.4, -0.2) is 45.4 Å². The SMILES string of the molecule is C[C@@H](NC(=O)c1nn(Cc2ccccc2)c2c1CSCC2)c1ccccc1.C[C@@H](NS(=O)(=O)/C=C/c1c2c(nn1Cc1ccccc1)CCSC2)c1ccccc1. The molecule has 0 unspecified atom stereocenters. The largest absolute Gasteiger partial charge is 0.344 e.